The van der Waals surface area contributed by atoms with Gasteiger partial charge < -0.3 is 25.4 Å². The summed E-state index contributed by atoms with van der Waals surface area (Å²) in [7, 11) is 1.62. The zero-order valence-electron chi connectivity index (χ0n) is 16.7. The van der Waals surface area contributed by atoms with Gasteiger partial charge in [0.25, 0.3) is 5.91 Å². The highest BCUT2D eigenvalue weighted by atomic mass is 127. The molecule has 0 atom stereocenters. The SMILES string of the molecule is CCNC(=NCc1ccc(C(=O)NC)cc1)NCCc1ccc2c(c1)OCO2.I. The number of aliphatic imine (C=N–C) groups is 1. The number of hydrogen-bond acceptors (Lipinski definition) is 4. The zero-order valence-corrected chi connectivity index (χ0v) is 19.0. The number of carbonyl (C=O) groups excluding carboxylic acids is 1. The van der Waals surface area contributed by atoms with Gasteiger partial charge in [0, 0.05) is 25.7 Å². The maximum atomic E-state index is 11.6. The summed E-state index contributed by atoms with van der Waals surface area (Å²) < 4.78 is 10.8. The Bertz CT molecular complexity index is 840. The number of nitrogens with one attached hydrogen (secondary N) is 3. The van der Waals surface area contributed by atoms with E-state index in [1.54, 1.807) is 7.05 Å². The van der Waals surface area contributed by atoms with Crippen molar-refractivity contribution in [3.63, 3.8) is 0 Å². The molecule has 156 valence electrons. The van der Waals surface area contributed by atoms with Crippen LogP contribution in [0.4, 0.5) is 0 Å². The van der Waals surface area contributed by atoms with Crippen molar-refractivity contribution in [2.75, 3.05) is 26.9 Å². The summed E-state index contributed by atoms with van der Waals surface area (Å²) >= 11 is 0. The Morgan fingerprint density at radius 3 is 2.48 bits per heavy atom. The average Bonchev–Trinajstić information content (AvgIpc) is 3.19. The number of carbonyl (C=O) groups is 1. The molecule has 0 unspecified atom stereocenters. The lowest BCUT2D eigenvalue weighted by Gasteiger charge is -2.11. The van der Waals surface area contributed by atoms with Crippen LogP contribution in [0, 0.1) is 0 Å². The number of hydrogen-bond donors (Lipinski definition) is 3. The second-order valence-corrected chi connectivity index (χ2v) is 6.34. The Labute approximate surface area is 188 Å². The molecular formula is C21H27IN4O3. The number of fused-ring (bicyclic) bond motifs is 1. The average molecular weight is 510 g/mol. The first-order valence-corrected chi connectivity index (χ1v) is 9.41. The third kappa shape index (κ3) is 6.52. The van der Waals surface area contributed by atoms with Gasteiger partial charge in [-0.05, 0) is 48.7 Å². The van der Waals surface area contributed by atoms with Crippen LogP contribution >= 0.6 is 24.0 Å². The molecule has 2 aromatic carbocycles. The van der Waals surface area contributed by atoms with E-state index in [1.807, 2.05) is 49.4 Å². The third-order valence-corrected chi connectivity index (χ3v) is 4.35. The van der Waals surface area contributed by atoms with E-state index in [1.165, 1.54) is 5.56 Å². The number of amides is 1. The summed E-state index contributed by atoms with van der Waals surface area (Å²) in [6, 6.07) is 13.5. The van der Waals surface area contributed by atoms with Crippen LogP contribution in [0.5, 0.6) is 11.5 Å². The summed E-state index contributed by atoms with van der Waals surface area (Å²) in [5.41, 5.74) is 2.86. The van der Waals surface area contributed by atoms with Crippen LogP contribution in [-0.2, 0) is 13.0 Å². The molecule has 0 saturated carbocycles. The minimum atomic E-state index is -0.0893. The lowest BCUT2D eigenvalue weighted by molar-refractivity contribution is 0.0963. The molecule has 1 aliphatic rings. The van der Waals surface area contributed by atoms with Gasteiger partial charge in [0.1, 0.15) is 0 Å². The highest BCUT2D eigenvalue weighted by molar-refractivity contribution is 14.0. The fraction of sp³-hybridized carbons (Fsp3) is 0.333. The van der Waals surface area contributed by atoms with Crippen molar-refractivity contribution in [3.8, 4) is 11.5 Å². The quantitative estimate of drug-likeness (QED) is 0.303. The molecular weight excluding hydrogens is 483 g/mol. The number of benzene rings is 2. The largest absolute Gasteiger partial charge is 0.454 e. The maximum Gasteiger partial charge on any atom is 0.251 e. The smallest absolute Gasteiger partial charge is 0.251 e. The van der Waals surface area contributed by atoms with Crippen molar-refractivity contribution in [2.45, 2.75) is 19.9 Å². The van der Waals surface area contributed by atoms with E-state index in [0.717, 1.165) is 42.5 Å². The van der Waals surface area contributed by atoms with Gasteiger partial charge in [-0.25, -0.2) is 4.99 Å². The molecule has 1 aliphatic heterocycles. The highest BCUT2D eigenvalue weighted by Crippen LogP contribution is 2.32. The van der Waals surface area contributed by atoms with Gasteiger partial charge in [0.2, 0.25) is 6.79 Å². The van der Waals surface area contributed by atoms with E-state index in [2.05, 4.69) is 20.9 Å². The zero-order chi connectivity index (χ0) is 19.8. The van der Waals surface area contributed by atoms with E-state index >= 15 is 0 Å². The molecule has 1 amide bonds. The molecule has 0 saturated heterocycles. The first-order valence-electron chi connectivity index (χ1n) is 9.41. The summed E-state index contributed by atoms with van der Waals surface area (Å²) in [6.45, 7) is 4.39. The highest BCUT2D eigenvalue weighted by Gasteiger charge is 2.13. The molecule has 0 fully saturated rings. The fourth-order valence-corrected chi connectivity index (χ4v) is 2.84. The molecule has 0 radical (unpaired) electrons. The Balaban J connectivity index is 0.00000300. The van der Waals surface area contributed by atoms with Crippen LogP contribution in [0.3, 0.4) is 0 Å². The van der Waals surface area contributed by atoms with Gasteiger partial charge in [-0.15, -0.1) is 24.0 Å². The number of guanidine groups is 1. The predicted octanol–water partition coefficient (Wildman–Crippen LogP) is 2.69. The summed E-state index contributed by atoms with van der Waals surface area (Å²) in [5.74, 6) is 2.28. The normalized spacial score (nSPS) is 12.1. The van der Waals surface area contributed by atoms with Crippen LogP contribution in [0.1, 0.15) is 28.4 Å². The summed E-state index contributed by atoms with van der Waals surface area (Å²) in [4.78, 5) is 16.2. The van der Waals surface area contributed by atoms with Gasteiger partial charge in [0.05, 0.1) is 6.54 Å². The Morgan fingerprint density at radius 2 is 1.76 bits per heavy atom. The van der Waals surface area contributed by atoms with Crippen molar-refractivity contribution in [1.29, 1.82) is 0 Å². The number of nitrogens with zero attached hydrogens (tertiary/aromatic N) is 1. The third-order valence-electron chi connectivity index (χ3n) is 4.35. The molecule has 3 N–H and O–H groups in total. The molecule has 8 heteroatoms. The molecule has 1 heterocycles. The van der Waals surface area contributed by atoms with Crippen molar-refractivity contribution in [2.24, 2.45) is 4.99 Å². The van der Waals surface area contributed by atoms with Crippen LogP contribution in [0.2, 0.25) is 0 Å². The molecule has 0 aliphatic carbocycles. The minimum Gasteiger partial charge on any atom is -0.454 e. The van der Waals surface area contributed by atoms with Crippen molar-refractivity contribution >= 4 is 35.8 Å². The van der Waals surface area contributed by atoms with Crippen molar-refractivity contribution in [1.82, 2.24) is 16.0 Å². The van der Waals surface area contributed by atoms with Gasteiger partial charge in [-0.3, -0.25) is 4.79 Å². The maximum absolute atomic E-state index is 11.6. The molecule has 0 spiro atoms. The van der Waals surface area contributed by atoms with E-state index in [4.69, 9.17) is 9.47 Å². The molecule has 3 rings (SSSR count). The minimum absolute atomic E-state index is 0. The fourth-order valence-electron chi connectivity index (χ4n) is 2.84. The van der Waals surface area contributed by atoms with Gasteiger partial charge in [0.15, 0.2) is 17.5 Å². The van der Waals surface area contributed by atoms with E-state index in [0.29, 0.717) is 18.9 Å². The van der Waals surface area contributed by atoms with E-state index < -0.39 is 0 Å². The summed E-state index contributed by atoms with van der Waals surface area (Å²) in [5, 5.41) is 9.21. The van der Waals surface area contributed by atoms with Crippen LogP contribution in [-0.4, -0.2) is 38.8 Å². The standard InChI is InChI=1S/C21H26N4O3.HI/c1-3-23-21(25-13-16-4-7-17(8-5-16)20(26)22-2)24-11-10-15-6-9-18-19(12-15)28-14-27-18;/h4-9,12H,3,10-11,13-14H2,1-2H3,(H,22,26)(H2,23,24,25);1H. The van der Waals surface area contributed by atoms with Crippen molar-refractivity contribution in [3.05, 3.63) is 59.2 Å². The first-order chi connectivity index (χ1) is 13.7. The number of halogens is 1. The topological polar surface area (TPSA) is 84.0 Å². The molecule has 0 aromatic heterocycles. The molecule has 0 bridgehead atoms. The van der Waals surface area contributed by atoms with Gasteiger partial charge >= 0.3 is 0 Å². The second kappa shape index (κ2) is 11.5. The number of rotatable bonds is 7. The lowest BCUT2D eigenvalue weighted by atomic mass is 10.1. The van der Waals surface area contributed by atoms with Crippen LogP contribution in [0.15, 0.2) is 47.5 Å². The monoisotopic (exact) mass is 510 g/mol. The molecule has 7 nitrogen and oxygen atoms in total. The van der Waals surface area contributed by atoms with Crippen molar-refractivity contribution < 1.29 is 14.3 Å². The van der Waals surface area contributed by atoms with Gasteiger partial charge in [-0.2, -0.15) is 0 Å². The summed E-state index contributed by atoms with van der Waals surface area (Å²) in [6.07, 6.45) is 0.849. The number of ether oxygens (including phenoxy) is 2. The first kappa shape index (κ1) is 22.8. The van der Waals surface area contributed by atoms with Crippen LogP contribution < -0.4 is 25.4 Å². The van der Waals surface area contributed by atoms with E-state index in [-0.39, 0.29) is 29.9 Å². The Morgan fingerprint density at radius 1 is 1.03 bits per heavy atom. The Kier molecular flexibility index (Phi) is 9.04. The predicted molar refractivity (Wildman–Crippen MR) is 124 cm³/mol. The molecule has 29 heavy (non-hydrogen) atoms. The lowest BCUT2D eigenvalue weighted by Crippen LogP contribution is -2.38. The Hall–Kier alpha value is -2.49. The van der Waals surface area contributed by atoms with Gasteiger partial charge in [-0.1, -0.05) is 18.2 Å². The molecule has 2 aromatic rings. The van der Waals surface area contributed by atoms with E-state index in [9.17, 15) is 4.79 Å². The second-order valence-electron chi connectivity index (χ2n) is 6.34. The van der Waals surface area contributed by atoms with Crippen LogP contribution in [0.25, 0.3) is 0 Å².